The molecule has 0 atom stereocenters. The standard InChI is InChI=1S/C14H15ClFN3O/c1-14(4-6-17-7-5-14)13-18-12(19-20-13)9-2-3-11(16)10(15)8-9/h2-3,8,17H,4-7H2,1H3. The van der Waals surface area contributed by atoms with Crippen LogP contribution < -0.4 is 5.32 Å². The number of rotatable bonds is 2. The zero-order chi connectivity index (χ0) is 14.2. The van der Waals surface area contributed by atoms with Crippen molar-refractivity contribution in [3.05, 3.63) is 34.9 Å². The predicted octanol–water partition coefficient (Wildman–Crippen LogP) is 3.17. The molecule has 1 aliphatic heterocycles. The van der Waals surface area contributed by atoms with Crippen LogP contribution in [0, 0.1) is 5.82 Å². The summed E-state index contributed by atoms with van der Waals surface area (Å²) in [6.07, 6.45) is 1.91. The molecule has 4 nitrogen and oxygen atoms in total. The fourth-order valence-electron chi connectivity index (χ4n) is 2.41. The van der Waals surface area contributed by atoms with Crippen LogP contribution in [0.3, 0.4) is 0 Å². The number of hydrogen-bond acceptors (Lipinski definition) is 4. The number of hydrogen-bond donors (Lipinski definition) is 1. The smallest absolute Gasteiger partial charge is 0.232 e. The first-order valence-corrected chi connectivity index (χ1v) is 6.97. The molecule has 1 N–H and O–H groups in total. The van der Waals surface area contributed by atoms with Crippen LogP contribution in [0.15, 0.2) is 22.7 Å². The Bertz CT molecular complexity index is 623. The van der Waals surface area contributed by atoms with E-state index in [1.807, 2.05) is 0 Å². The van der Waals surface area contributed by atoms with Gasteiger partial charge in [-0.15, -0.1) is 0 Å². The summed E-state index contributed by atoms with van der Waals surface area (Å²) >= 11 is 5.78. The van der Waals surface area contributed by atoms with Gasteiger partial charge in [0.2, 0.25) is 11.7 Å². The van der Waals surface area contributed by atoms with Gasteiger partial charge in [0.25, 0.3) is 0 Å². The summed E-state index contributed by atoms with van der Waals surface area (Å²) in [6.45, 7) is 4.01. The van der Waals surface area contributed by atoms with Crippen molar-refractivity contribution in [3.63, 3.8) is 0 Å². The maximum atomic E-state index is 13.2. The van der Waals surface area contributed by atoms with Crippen LogP contribution in [-0.2, 0) is 5.41 Å². The van der Waals surface area contributed by atoms with Gasteiger partial charge in [0, 0.05) is 11.0 Å². The zero-order valence-electron chi connectivity index (χ0n) is 11.1. The third kappa shape index (κ3) is 2.43. The van der Waals surface area contributed by atoms with Gasteiger partial charge < -0.3 is 9.84 Å². The van der Waals surface area contributed by atoms with Gasteiger partial charge in [0.1, 0.15) is 5.82 Å². The Kier molecular flexibility index (Phi) is 3.48. The molecule has 1 fully saturated rings. The first-order chi connectivity index (χ1) is 9.58. The van der Waals surface area contributed by atoms with E-state index in [4.69, 9.17) is 16.1 Å². The topological polar surface area (TPSA) is 51.0 Å². The zero-order valence-corrected chi connectivity index (χ0v) is 11.9. The van der Waals surface area contributed by atoms with Gasteiger partial charge in [-0.1, -0.05) is 23.7 Å². The van der Waals surface area contributed by atoms with E-state index in [2.05, 4.69) is 22.4 Å². The van der Waals surface area contributed by atoms with E-state index in [1.165, 1.54) is 12.1 Å². The van der Waals surface area contributed by atoms with E-state index in [0.29, 0.717) is 17.3 Å². The van der Waals surface area contributed by atoms with Crippen LogP contribution in [0.4, 0.5) is 4.39 Å². The highest BCUT2D eigenvalue weighted by atomic mass is 35.5. The Morgan fingerprint density at radius 2 is 2.10 bits per heavy atom. The molecule has 0 bridgehead atoms. The summed E-state index contributed by atoms with van der Waals surface area (Å²) in [7, 11) is 0. The average molecular weight is 296 g/mol. The third-order valence-corrected chi connectivity index (χ3v) is 4.12. The molecule has 0 aliphatic carbocycles. The van der Waals surface area contributed by atoms with Gasteiger partial charge in [-0.3, -0.25) is 0 Å². The van der Waals surface area contributed by atoms with E-state index < -0.39 is 5.82 Å². The molecule has 1 aromatic heterocycles. The van der Waals surface area contributed by atoms with Gasteiger partial charge in [0.15, 0.2) is 0 Å². The lowest BCUT2D eigenvalue weighted by Crippen LogP contribution is -2.37. The maximum Gasteiger partial charge on any atom is 0.232 e. The van der Waals surface area contributed by atoms with Crippen molar-refractivity contribution < 1.29 is 8.91 Å². The van der Waals surface area contributed by atoms with E-state index in [-0.39, 0.29) is 10.4 Å². The van der Waals surface area contributed by atoms with Crippen LogP contribution in [0.1, 0.15) is 25.7 Å². The van der Waals surface area contributed by atoms with Crippen LogP contribution in [-0.4, -0.2) is 23.2 Å². The number of nitrogens with zero attached hydrogens (tertiary/aromatic N) is 2. The summed E-state index contributed by atoms with van der Waals surface area (Å²) in [5.74, 6) is 0.626. The van der Waals surface area contributed by atoms with Crippen molar-refractivity contribution in [2.75, 3.05) is 13.1 Å². The van der Waals surface area contributed by atoms with Crippen molar-refractivity contribution in [3.8, 4) is 11.4 Å². The molecule has 6 heteroatoms. The summed E-state index contributed by atoms with van der Waals surface area (Å²) in [5, 5.41) is 7.36. The molecular formula is C14H15ClFN3O. The Labute approximate surface area is 121 Å². The van der Waals surface area contributed by atoms with E-state index in [0.717, 1.165) is 25.9 Å². The molecule has 0 radical (unpaired) electrons. The van der Waals surface area contributed by atoms with Crippen LogP contribution in [0.5, 0.6) is 0 Å². The van der Waals surface area contributed by atoms with Crippen LogP contribution in [0.25, 0.3) is 11.4 Å². The van der Waals surface area contributed by atoms with Gasteiger partial charge >= 0.3 is 0 Å². The largest absolute Gasteiger partial charge is 0.338 e. The summed E-state index contributed by atoms with van der Waals surface area (Å²) < 4.78 is 18.6. The minimum atomic E-state index is -0.454. The number of aromatic nitrogens is 2. The lowest BCUT2D eigenvalue weighted by Gasteiger charge is -2.30. The van der Waals surface area contributed by atoms with E-state index in [1.54, 1.807) is 6.07 Å². The highest BCUT2D eigenvalue weighted by Crippen LogP contribution is 2.33. The molecule has 3 rings (SSSR count). The molecule has 0 saturated carbocycles. The third-order valence-electron chi connectivity index (χ3n) is 3.83. The van der Waals surface area contributed by atoms with Crippen molar-refractivity contribution >= 4 is 11.6 Å². The first kappa shape index (κ1) is 13.5. The van der Waals surface area contributed by atoms with Gasteiger partial charge in [-0.05, 0) is 44.1 Å². The Balaban J connectivity index is 1.91. The fraction of sp³-hybridized carbons (Fsp3) is 0.429. The Morgan fingerprint density at radius 1 is 1.35 bits per heavy atom. The van der Waals surface area contributed by atoms with Crippen molar-refractivity contribution in [1.29, 1.82) is 0 Å². The molecule has 0 unspecified atom stereocenters. The second-order valence-corrected chi connectivity index (χ2v) is 5.77. The number of halogens is 2. The number of nitrogens with one attached hydrogen (secondary N) is 1. The SMILES string of the molecule is CC1(c2nc(-c3ccc(F)c(Cl)c3)no2)CCNCC1. The van der Waals surface area contributed by atoms with Crippen LogP contribution in [0.2, 0.25) is 5.02 Å². The van der Waals surface area contributed by atoms with Crippen molar-refractivity contribution in [1.82, 2.24) is 15.5 Å². The fourth-order valence-corrected chi connectivity index (χ4v) is 2.59. The normalized spacial score (nSPS) is 18.1. The monoisotopic (exact) mass is 295 g/mol. The Morgan fingerprint density at radius 3 is 2.80 bits per heavy atom. The van der Waals surface area contributed by atoms with Gasteiger partial charge in [-0.2, -0.15) is 4.98 Å². The average Bonchev–Trinajstić information content (AvgIpc) is 2.93. The molecule has 2 aromatic rings. The molecule has 1 aromatic carbocycles. The van der Waals surface area contributed by atoms with E-state index >= 15 is 0 Å². The number of piperidine rings is 1. The number of benzene rings is 1. The summed E-state index contributed by atoms with van der Waals surface area (Å²) in [4.78, 5) is 4.46. The first-order valence-electron chi connectivity index (χ1n) is 6.59. The predicted molar refractivity (Wildman–Crippen MR) is 74.2 cm³/mol. The molecule has 2 heterocycles. The lowest BCUT2D eigenvalue weighted by atomic mass is 9.81. The molecule has 1 aliphatic rings. The molecule has 0 spiro atoms. The minimum absolute atomic E-state index is 0.0573. The summed E-state index contributed by atoms with van der Waals surface area (Å²) in [6, 6.07) is 4.41. The van der Waals surface area contributed by atoms with Gasteiger partial charge in [-0.25, -0.2) is 4.39 Å². The van der Waals surface area contributed by atoms with E-state index in [9.17, 15) is 4.39 Å². The highest BCUT2D eigenvalue weighted by molar-refractivity contribution is 6.31. The molecule has 20 heavy (non-hydrogen) atoms. The van der Waals surface area contributed by atoms with Gasteiger partial charge in [0.05, 0.1) is 5.02 Å². The molecule has 0 amide bonds. The van der Waals surface area contributed by atoms with Crippen molar-refractivity contribution in [2.24, 2.45) is 0 Å². The quantitative estimate of drug-likeness (QED) is 0.924. The molecular weight excluding hydrogens is 281 g/mol. The second-order valence-electron chi connectivity index (χ2n) is 5.36. The summed E-state index contributed by atoms with van der Waals surface area (Å²) in [5.41, 5.74) is 0.560. The minimum Gasteiger partial charge on any atom is -0.338 e. The molecule has 1 saturated heterocycles. The lowest BCUT2D eigenvalue weighted by molar-refractivity contribution is 0.241. The van der Waals surface area contributed by atoms with Crippen molar-refractivity contribution in [2.45, 2.75) is 25.2 Å². The van der Waals surface area contributed by atoms with Crippen LogP contribution >= 0.6 is 11.6 Å². The maximum absolute atomic E-state index is 13.2. The Hall–Kier alpha value is -1.46. The second kappa shape index (κ2) is 5.14. The molecule has 106 valence electrons. The highest BCUT2D eigenvalue weighted by Gasteiger charge is 2.34.